The van der Waals surface area contributed by atoms with Gasteiger partial charge in [-0.2, -0.15) is 0 Å². The second-order valence-electron chi connectivity index (χ2n) is 6.05. The molecular formula is C18H19N5O2S2. The van der Waals surface area contributed by atoms with Crippen molar-refractivity contribution < 1.29 is 4.79 Å². The second-order valence-corrected chi connectivity index (χ2v) is 8.00. The Morgan fingerprint density at radius 2 is 2.15 bits per heavy atom. The van der Waals surface area contributed by atoms with Gasteiger partial charge in [-0.1, -0.05) is 55.2 Å². The monoisotopic (exact) mass is 401 g/mol. The van der Waals surface area contributed by atoms with Crippen molar-refractivity contribution in [3.05, 3.63) is 52.3 Å². The molecule has 0 fully saturated rings. The average Bonchev–Trinajstić information content (AvgIpc) is 3.11. The number of hydrogen-bond donors (Lipinski definition) is 1. The van der Waals surface area contributed by atoms with Crippen molar-refractivity contribution in [1.82, 2.24) is 19.7 Å². The Kier molecular flexibility index (Phi) is 6.02. The van der Waals surface area contributed by atoms with E-state index < -0.39 is 0 Å². The van der Waals surface area contributed by atoms with Gasteiger partial charge in [-0.15, -0.1) is 16.8 Å². The van der Waals surface area contributed by atoms with Gasteiger partial charge >= 0.3 is 0 Å². The molecule has 0 saturated carbocycles. The Labute approximate surface area is 164 Å². The van der Waals surface area contributed by atoms with Crippen LogP contribution in [0.2, 0.25) is 0 Å². The number of aromatic nitrogens is 4. The van der Waals surface area contributed by atoms with E-state index in [1.807, 2.05) is 19.9 Å². The fourth-order valence-electron chi connectivity index (χ4n) is 2.35. The summed E-state index contributed by atoms with van der Waals surface area (Å²) in [5.74, 6) is 0.148. The molecule has 0 spiro atoms. The first kappa shape index (κ1) is 19.2. The SMILES string of the molecule is C=CCn1c(SCC(=O)Nc2nnc(C(C)C)s2)nc2ccccc2c1=O. The largest absolute Gasteiger partial charge is 0.300 e. The summed E-state index contributed by atoms with van der Waals surface area (Å²) in [6, 6.07) is 7.16. The smallest absolute Gasteiger partial charge is 0.262 e. The molecule has 3 aromatic rings. The van der Waals surface area contributed by atoms with Crippen LogP contribution in [0, 0.1) is 0 Å². The van der Waals surface area contributed by atoms with Crippen LogP contribution in [-0.2, 0) is 11.3 Å². The number of rotatable bonds is 7. The predicted octanol–water partition coefficient (Wildman–Crippen LogP) is 3.29. The molecule has 9 heteroatoms. The van der Waals surface area contributed by atoms with E-state index >= 15 is 0 Å². The van der Waals surface area contributed by atoms with Gasteiger partial charge in [0.2, 0.25) is 11.0 Å². The van der Waals surface area contributed by atoms with Gasteiger partial charge in [-0.25, -0.2) is 4.98 Å². The number of fused-ring (bicyclic) bond motifs is 1. The Hall–Kier alpha value is -2.52. The number of thioether (sulfide) groups is 1. The molecule has 2 heterocycles. The molecule has 0 radical (unpaired) electrons. The number of benzene rings is 1. The van der Waals surface area contributed by atoms with Gasteiger partial charge in [0.15, 0.2) is 5.16 Å². The third-order valence-electron chi connectivity index (χ3n) is 3.65. The normalized spacial score (nSPS) is 11.1. The highest BCUT2D eigenvalue weighted by molar-refractivity contribution is 7.99. The van der Waals surface area contributed by atoms with Crippen LogP contribution in [0.5, 0.6) is 0 Å². The lowest BCUT2D eigenvalue weighted by Crippen LogP contribution is -2.23. The zero-order chi connectivity index (χ0) is 19.4. The third-order valence-corrected chi connectivity index (χ3v) is 5.77. The molecule has 0 atom stereocenters. The van der Waals surface area contributed by atoms with Crippen LogP contribution in [-0.4, -0.2) is 31.4 Å². The lowest BCUT2D eigenvalue weighted by atomic mass is 10.2. The van der Waals surface area contributed by atoms with Crippen LogP contribution < -0.4 is 10.9 Å². The Morgan fingerprint density at radius 1 is 1.37 bits per heavy atom. The summed E-state index contributed by atoms with van der Waals surface area (Å²) < 4.78 is 1.52. The zero-order valence-corrected chi connectivity index (χ0v) is 16.6. The number of hydrogen-bond acceptors (Lipinski definition) is 7. The fraction of sp³-hybridized carbons (Fsp3) is 0.278. The van der Waals surface area contributed by atoms with Crippen molar-refractivity contribution >= 4 is 45.0 Å². The molecule has 7 nitrogen and oxygen atoms in total. The standard InChI is InChI=1S/C18H19N5O2S2/c1-4-9-23-16(25)12-7-5-6-8-13(12)19-18(23)26-10-14(24)20-17-22-21-15(27-17)11(2)3/h4-8,11H,1,9-10H2,2-3H3,(H,20,22,24). The van der Waals surface area contributed by atoms with Gasteiger partial charge in [0.25, 0.3) is 5.56 Å². The molecule has 27 heavy (non-hydrogen) atoms. The summed E-state index contributed by atoms with van der Waals surface area (Å²) in [5.41, 5.74) is 0.463. The highest BCUT2D eigenvalue weighted by atomic mass is 32.2. The summed E-state index contributed by atoms with van der Waals surface area (Å²) in [7, 11) is 0. The topological polar surface area (TPSA) is 89.8 Å². The van der Waals surface area contributed by atoms with Crippen molar-refractivity contribution in [3.8, 4) is 0 Å². The van der Waals surface area contributed by atoms with Gasteiger partial charge in [-0.05, 0) is 12.1 Å². The molecular weight excluding hydrogens is 382 g/mol. The predicted molar refractivity (Wildman–Crippen MR) is 110 cm³/mol. The van der Waals surface area contributed by atoms with E-state index in [-0.39, 0.29) is 23.1 Å². The minimum atomic E-state index is -0.223. The first-order valence-corrected chi connectivity index (χ1v) is 10.2. The molecule has 0 aliphatic carbocycles. The lowest BCUT2D eigenvalue weighted by molar-refractivity contribution is -0.113. The number of nitrogens with one attached hydrogen (secondary N) is 1. The van der Waals surface area contributed by atoms with Gasteiger partial charge in [0.1, 0.15) is 5.01 Å². The fourth-order valence-corrected chi connectivity index (χ4v) is 3.92. The second kappa shape index (κ2) is 8.45. The van der Waals surface area contributed by atoms with Gasteiger partial charge in [0.05, 0.1) is 16.7 Å². The summed E-state index contributed by atoms with van der Waals surface area (Å²) >= 11 is 2.56. The molecule has 1 amide bonds. The maximum atomic E-state index is 12.7. The van der Waals surface area contributed by atoms with Crippen molar-refractivity contribution in [2.24, 2.45) is 0 Å². The van der Waals surface area contributed by atoms with Crippen LogP contribution in [0.15, 0.2) is 46.9 Å². The van der Waals surface area contributed by atoms with E-state index in [1.54, 1.807) is 24.3 Å². The van der Waals surface area contributed by atoms with Crippen molar-refractivity contribution in [2.75, 3.05) is 11.1 Å². The van der Waals surface area contributed by atoms with E-state index in [1.165, 1.54) is 27.7 Å². The quantitative estimate of drug-likeness (QED) is 0.371. The average molecular weight is 402 g/mol. The minimum Gasteiger partial charge on any atom is -0.300 e. The molecule has 0 aliphatic rings. The molecule has 1 N–H and O–H groups in total. The van der Waals surface area contributed by atoms with E-state index in [0.717, 1.165) is 5.01 Å². The van der Waals surface area contributed by atoms with E-state index in [4.69, 9.17) is 0 Å². The number of anilines is 1. The highest BCUT2D eigenvalue weighted by Crippen LogP contribution is 2.23. The molecule has 0 aliphatic heterocycles. The van der Waals surface area contributed by atoms with Crippen LogP contribution in [0.3, 0.4) is 0 Å². The van der Waals surface area contributed by atoms with Crippen molar-refractivity contribution in [3.63, 3.8) is 0 Å². The summed E-state index contributed by atoms with van der Waals surface area (Å²) in [5, 5.41) is 13.1. The maximum absolute atomic E-state index is 12.7. The molecule has 1 aromatic carbocycles. The van der Waals surface area contributed by atoms with Crippen LogP contribution >= 0.6 is 23.1 Å². The molecule has 0 bridgehead atoms. The maximum Gasteiger partial charge on any atom is 0.262 e. The zero-order valence-electron chi connectivity index (χ0n) is 15.0. The lowest BCUT2D eigenvalue weighted by Gasteiger charge is -2.11. The van der Waals surface area contributed by atoms with Crippen LogP contribution in [0.1, 0.15) is 24.8 Å². The number of carbonyl (C=O) groups is 1. The van der Waals surface area contributed by atoms with Gasteiger partial charge < -0.3 is 0 Å². The third kappa shape index (κ3) is 4.42. The first-order valence-electron chi connectivity index (χ1n) is 8.36. The first-order chi connectivity index (χ1) is 13.0. The van der Waals surface area contributed by atoms with Crippen LogP contribution in [0.4, 0.5) is 5.13 Å². The molecule has 2 aromatic heterocycles. The molecule has 0 saturated heterocycles. The van der Waals surface area contributed by atoms with E-state index in [2.05, 4.69) is 27.1 Å². The molecule has 3 rings (SSSR count). The molecule has 0 unspecified atom stereocenters. The van der Waals surface area contributed by atoms with Crippen molar-refractivity contribution in [2.45, 2.75) is 31.5 Å². The van der Waals surface area contributed by atoms with Crippen molar-refractivity contribution in [1.29, 1.82) is 0 Å². The highest BCUT2D eigenvalue weighted by Gasteiger charge is 2.14. The van der Waals surface area contributed by atoms with Gasteiger partial charge in [0, 0.05) is 12.5 Å². The number of amides is 1. The summed E-state index contributed by atoms with van der Waals surface area (Å²) in [4.78, 5) is 29.5. The van der Waals surface area contributed by atoms with Gasteiger partial charge in [-0.3, -0.25) is 19.5 Å². The number of carbonyl (C=O) groups excluding carboxylic acids is 1. The molecule has 140 valence electrons. The number of allylic oxidation sites excluding steroid dienone is 1. The summed E-state index contributed by atoms with van der Waals surface area (Å²) in [6.07, 6.45) is 1.64. The minimum absolute atomic E-state index is 0.110. The number of para-hydroxylation sites is 1. The Balaban J connectivity index is 1.77. The van der Waals surface area contributed by atoms with Crippen LogP contribution in [0.25, 0.3) is 10.9 Å². The number of nitrogens with zero attached hydrogens (tertiary/aromatic N) is 4. The van der Waals surface area contributed by atoms with E-state index in [9.17, 15) is 9.59 Å². The van der Waals surface area contributed by atoms with E-state index in [0.29, 0.717) is 27.7 Å². The Bertz CT molecular complexity index is 1040. The Morgan fingerprint density at radius 3 is 2.85 bits per heavy atom. The summed E-state index contributed by atoms with van der Waals surface area (Å²) in [6.45, 7) is 8.06.